The first-order chi connectivity index (χ1) is 30.5. The van der Waals surface area contributed by atoms with Crippen molar-refractivity contribution in [2.24, 2.45) is 0 Å². The molecule has 13 rings (SSSR count). The summed E-state index contributed by atoms with van der Waals surface area (Å²) in [5, 5.41) is 10.8. The molecule has 0 amide bonds. The summed E-state index contributed by atoms with van der Waals surface area (Å²) in [6.45, 7) is 4.75. The van der Waals surface area contributed by atoms with Crippen LogP contribution in [0.4, 0.5) is 0 Å². The number of fused-ring (bicyclic) bond motifs is 12. The van der Waals surface area contributed by atoms with Crippen molar-refractivity contribution in [3.63, 3.8) is 0 Å². The summed E-state index contributed by atoms with van der Waals surface area (Å²) in [5.74, 6) is 0.654. The molecule has 2 heterocycles. The van der Waals surface area contributed by atoms with Crippen LogP contribution >= 0.6 is 0 Å². The first kappa shape index (κ1) is 34.9. The van der Waals surface area contributed by atoms with Gasteiger partial charge in [0.1, 0.15) is 0 Å². The Morgan fingerprint density at radius 3 is 1.77 bits per heavy atom. The van der Waals surface area contributed by atoms with Crippen LogP contribution in [0.25, 0.3) is 116 Å². The van der Waals surface area contributed by atoms with Gasteiger partial charge in [0.2, 0.25) is 5.95 Å². The Labute approximate surface area is 359 Å². The van der Waals surface area contributed by atoms with Gasteiger partial charge in [-0.05, 0) is 78.0 Å². The fourth-order valence-corrected chi connectivity index (χ4v) is 10.6. The topological polar surface area (TPSA) is 30.7 Å². The predicted molar refractivity (Wildman–Crippen MR) is 260 cm³/mol. The molecule has 0 N–H and O–H groups in total. The molecule has 1 aliphatic rings. The molecule has 0 aliphatic heterocycles. The normalized spacial score (nSPS) is 13.1. The Kier molecular flexibility index (Phi) is 7.36. The molecule has 10 aromatic carbocycles. The Morgan fingerprint density at radius 1 is 0.371 bits per heavy atom. The molecule has 0 spiro atoms. The molecule has 0 saturated carbocycles. The van der Waals surface area contributed by atoms with Crippen molar-refractivity contribution in [3.05, 3.63) is 211 Å². The lowest BCUT2D eigenvalue weighted by atomic mass is 9.81. The maximum atomic E-state index is 5.60. The second kappa shape index (κ2) is 13.1. The summed E-state index contributed by atoms with van der Waals surface area (Å²) in [7, 11) is 0. The Bertz CT molecular complexity index is 3830. The van der Waals surface area contributed by atoms with Crippen LogP contribution < -0.4 is 0 Å². The molecule has 3 nitrogen and oxygen atoms in total. The van der Waals surface area contributed by atoms with Crippen LogP contribution in [0.2, 0.25) is 0 Å². The summed E-state index contributed by atoms with van der Waals surface area (Å²) in [5.41, 5.74) is 15.0. The number of aromatic nitrogens is 3. The zero-order chi connectivity index (χ0) is 41.1. The van der Waals surface area contributed by atoms with E-state index in [1.807, 2.05) is 0 Å². The number of hydrogen-bond donors (Lipinski definition) is 0. The monoisotopic (exact) mass is 789 g/mol. The van der Waals surface area contributed by atoms with Crippen LogP contribution in [0.3, 0.4) is 0 Å². The van der Waals surface area contributed by atoms with Gasteiger partial charge < -0.3 is 0 Å². The molecular formula is C59H39N3. The predicted octanol–water partition coefficient (Wildman–Crippen LogP) is 15.5. The summed E-state index contributed by atoms with van der Waals surface area (Å²) in [6.07, 6.45) is 0. The highest BCUT2D eigenvalue weighted by atomic mass is 15.2. The second-order valence-electron chi connectivity index (χ2n) is 17.3. The van der Waals surface area contributed by atoms with E-state index in [-0.39, 0.29) is 5.41 Å². The maximum absolute atomic E-state index is 5.60. The number of rotatable bonds is 4. The van der Waals surface area contributed by atoms with Gasteiger partial charge in [0, 0.05) is 38.1 Å². The number of hydrogen-bond acceptors (Lipinski definition) is 2. The minimum Gasteiger partial charge on any atom is -0.277 e. The third kappa shape index (κ3) is 5.00. The zero-order valence-corrected chi connectivity index (χ0v) is 34.4. The lowest BCUT2D eigenvalue weighted by Crippen LogP contribution is -2.15. The SMILES string of the molecule is CC1(C)c2cc(-c3cccc4c5ccc6ccccc6c5n(-c5nc(-c6ccc(-c7cccc8ccccc78)cc6)c6ccccc6n5)c34)ccc2-c2c1ccc1ccccc21. The molecule has 0 saturated heterocycles. The Hall–Kier alpha value is -7.88. The maximum Gasteiger partial charge on any atom is 0.235 e. The standard InChI is InChI=1S/C59H39N3/c1-59(2)51-34-31-37-14-4-7-18-44(37)54(51)49-33-30-41(35-52(49)59)46-22-12-23-47-48-32-29-38-15-5-8-19-45(38)56(48)62(57(46)47)58-60-53-24-10-9-20-50(53)55(61-58)40-27-25-39(26-28-40)43-21-11-16-36-13-3-6-17-42(36)43/h3-35H,1-2H3. The molecule has 0 bridgehead atoms. The molecule has 12 aromatic rings. The molecule has 2 aromatic heterocycles. The van der Waals surface area contributed by atoms with E-state index in [0.717, 1.165) is 38.8 Å². The van der Waals surface area contributed by atoms with E-state index in [1.165, 1.54) is 82.0 Å². The van der Waals surface area contributed by atoms with Crippen molar-refractivity contribution >= 4 is 65.0 Å². The molecule has 0 radical (unpaired) electrons. The second-order valence-corrected chi connectivity index (χ2v) is 17.3. The van der Waals surface area contributed by atoms with Gasteiger partial charge in [0.15, 0.2) is 0 Å². The van der Waals surface area contributed by atoms with Crippen molar-refractivity contribution in [1.29, 1.82) is 0 Å². The van der Waals surface area contributed by atoms with Gasteiger partial charge in [-0.1, -0.05) is 202 Å². The molecule has 290 valence electrons. The van der Waals surface area contributed by atoms with Crippen molar-refractivity contribution < 1.29 is 0 Å². The quantitative estimate of drug-likeness (QED) is 0.178. The van der Waals surface area contributed by atoms with Gasteiger partial charge in [0.05, 0.1) is 22.2 Å². The third-order valence-corrected chi connectivity index (χ3v) is 13.6. The highest BCUT2D eigenvalue weighted by molar-refractivity contribution is 6.21. The van der Waals surface area contributed by atoms with E-state index in [4.69, 9.17) is 9.97 Å². The van der Waals surface area contributed by atoms with Crippen LogP contribution in [0, 0.1) is 0 Å². The largest absolute Gasteiger partial charge is 0.277 e. The summed E-state index contributed by atoms with van der Waals surface area (Å²) < 4.78 is 2.35. The smallest absolute Gasteiger partial charge is 0.235 e. The summed E-state index contributed by atoms with van der Waals surface area (Å²) in [4.78, 5) is 11.0. The van der Waals surface area contributed by atoms with Gasteiger partial charge in [-0.15, -0.1) is 0 Å². The van der Waals surface area contributed by atoms with Gasteiger partial charge in [-0.3, -0.25) is 4.57 Å². The highest BCUT2D eigenvalue weighted by Gasteiger charge is 2.37. The van der Waals surface area contributed by atoms with Crippen LogP contribution in [0.1, 0.15) is 25.0 Å². The van der Waals surface area contributed by atoms with Crippen molar-refractivity contribution in [2.75, 3.05) is 0 Å². The number of nitrogens with zero attached hydrogens (tertiary/aromatic N) is 3. The molecule has 3 heteroatoms. The Morgan fingerprint density at radius 2 is 0.952 bits per heavy atom. The van der Waals surface area contributed by atoms with Crippen molar-refractivity contribution in [1.82, 2.24) is 14.5 Å². The lowest BCUT2D eigenvalue weighted by molar-refractivity contribution is 0.661. The average molecular weight is 790 g/mol. The summed E-state index contributed by atoms with van der Waals surface area (Å²) in [6, 6.07) is 73.0. The third-order valence-electron chi connectivity index (χ3n) is 13.6. The minimum absolute atomic E-state index is 0.166. The molecule has 1 aliphatic carbocycles. The van der Waals surface area contributed by atoms with Gasteiger partial charge in [0.25, 0.3) is 0 Å². The van der Waals surface area contributed by atoms with Crippen LogP contribution in [0.5, 0.6) is 0 Å². The molecular weight excluding hydrogens is 751 g/mol. The lowest BCUT2D eigenvalue weighted by Gasteiger charge is -2.22. The van der Waals surface area contributed by atoms with E-state index >= 15 is 0 Å². The summed E-state index contributed by atoms with van der Waals surface area (Å²) >= 11 is 0. The van der Waals surface area contributed by atoms with Gasteiger partial charge >= 0.3 is 0 Å². The van der Waals surface area contributed by atoms with Crippen molar-refractivity contribution in [2.45, 2.75) is 19.3 Å². The fourth-order valence-electron chi connectivity index (χ4n) is 10.6. The van der Waals surface area contributed by atoms with E-state index < -0.39 is 0 Å². The van der Waals surface area contributed by atoms with E-state index in [1.54, 1.807) is 0 Å². The van der Waals surface area contributed by atoms with E-state index in [9.17, 15) is 0 Å². The first-order valence-corrected chi connectivity index (χ1v) is 21.5. The molecule has 0 fully saturated rings. The van der Waals surface area contributed by atoms with Crippen molar-refractivity contribution in [3.8, 4) is 50.6 Å². The van der Waals surface area contributed by atoms with Crippen LogP contribution in [-0.2, 0) is 5.41 Å². The minimum atomic E-state index is -0.166. The van der Waals surface area contributed by atoms with Gasteiger partial charge in [-0.2, -0.15) is 0 Å². The number of para-hydroxylation sites is 2. The van der Waals surface area contributed by atoms with Crippen LogP contribution in [-0.4, -0.2) is 14.5 Å². The molecule has 62 heavy (non-hydrogen) atoms. The van der Waals surface area contributed by atoms with E-state index in [2.05, 4.69) is 219 Å². The van der Waals surface area contributed by atoms with E-state index in [0.29, 0.717) is 5.95 Å². The Balaban J connectivity index is 1.06. The number of benzene rings is 10. The molecule has 0 unspecified atom stereocenters. The van der Waals surface area contributed by atoms with Crippen LogP contribution in [0.15, 0.2) is 200 Å². The molecule has 0 atom stereocenters. The highest BCUT2D eigenvalue weighted by Crippen LogP contribution is 2.53. The van der Waals surface area contributed by atoms with Gasteiger partial charge in [-0.25, -0.2) is 9.97 Å². The zero-order valence-electron chi connectivity index (χ0n) is 34.4. The average Bonchev–Trinajstić information content (AvgIpc) is 3.79. The fraction of sp³-hybridized carbons (Fsp3) is 0.0508. The first-order valence-electron chi connectivity index (χ1n) is 21.5.